The van der Waals surface area contributed by atoms with Crippen LogP contribution in [-0.2, 0) is 19.6 Å². The minimum Gasteiger partial charge on any atom is -0.247 e. The summed E-state index contributed by atoms with van der Waals surface area (Å²) in [5.74, 6) is 0. The van der Waals surface area contributed by atoms with Gasteiger partial charge in [0.25, 0.3) is 0 Å². The molecule has 0 amide bonds. The van der Waals surface area contributed by atoms with Crippen molar-refractivity contribution in [2.24, 2.45) is 0 Å². The molecule has 0 radical (unpaired) electrons. The summed E-state index contributed by atoms with van der Waals surface area (Å²) < 4.78 is 3.28. The molecule has 0 aliphatic rings. The largest absolute Gasteiger partial charge is 0.336 e. The standard InChI is InChI=1S/C23H39N3O3/c1-4-7-8-9-10-11-12-13-14-15-16-17-20-26-22(28)24(18-5-2)21(27)25(19-6-3)23(26)29/h5-6H,2-4,7-20H2,1H3. The molecule has 0 aliphatic carbocycles. The Morgan fingerprint density at radius 3 is 1.31 bits per heavy atom. The van der Waals surface area contributed by atoms with E-state index in [-0.39, 0.29) is 13.1 Å². The van der Waals surface area contributed by atoms with E-state index < -0.39 is 17.1 Å². The fraction of sp³-hybridized carbons (Fsp3) is 0.696. The summed E-state index contributed by atoms with van der Waals surface area (Å²) in [6.07, 6.45) is 17.6. The van der Waals surface area contributed by atoms with Gasteiger partial charge in [0.2, 0.25) is 0 Å². The zero-order valence-electron chi connectivity index (χ0n) is 18.2. The van der Waals surface area contributed by atoms with E-state index in [1.165, 1.54) is 74.5 Å². The van der Waals surface area contributed by atoms with Gasteiger partial charge in [0.05, 0.1) is 13.1 Å². The first-order valence-electron chi connectivity index (χ1n) is 11.2. The summed E-state index contributed by atoms with van der Waals surface area (Å²) in [6, 6.07) is 0. The highest BCUT2D eigenvalue weighted by Crippen LogP contribution is 2.11. The van der Waals surface area contributed by atoms with Crippen molar-refractivity contribution >= 4 is 0 Å². The van der Waals surface area contributed by atoms with E-state index in [0.29, 0.717) is 6.54 Å². The second-order valence-corrected chi connectivity index (χ2v) is 7.69. The number of hydrogen-bond donors (Lipinski definition) is 0. The topological polar surface area (TPSA) is 66.0 Å². The van der Waals surface area contributed by atoms with Crippen LogP contribution in [0.1, 0.15) is 84.0 Å². The molecule has 0 saturated carbocycles. The lowest BCUT2D eigenvalue weighted by Crippen LogP contribution is -2.54. The van der Waals surface area contributed by atoms with Crippen LogP contribution in [0.4, 0.5) is 0 Å². The quantitative estimate of drug-likeness (QED) is 0.287. The van der Waals surface area contributed by atoms with Gasteiger partial charge < -0.3 is 0 Å². The first-order valence-corrected chi connectivity index (χ1v) is 11.2. The Kier molecular flexibility index (Phi) is 12.7. The lowest BCUT2D eigenvalue weighted by Gasteiger charge is -2.12. The zero-order chi connectivity index (χ0) is 21.5. The number of hydrogen-bond acceptors (Lipinski definition) is 3. The molecular formula is C23H39N3O3. The molecule has 29 heavy (non-hydrogen) atoms. The number of unbranched alkanes of at least 4 members (excludes halogenated alkanes) is 11. The first-order chi connectivity index (χ1) is 14.1. The Morgan fingerprint density at radius 1 is 0.586 bits per heavy atom. The highest BCUT2D eigenvalue weighted by atomic mass is 16.2. The molecule has 0 saturated heterocycles. The third kappa shape index (κ3) is 8.42. The maximum atomic E-state index is 12.5. The van der Waals surface area contributed by atoms with E-state index in [1.807, 2.05) is 0 Å². The second-order valence-electron chi connectivity index (χ2n) is 7.69. The Labute approximate surface area is 174 Å². The van der Waals surface area contributed by atoms with Gasteiger partial charge in [-0.3, -0.25) is 0 Å². The average molecular weight is 406 g/mol. The van der Waals surface area contributed by atoms with E-state index in [2.05, 4.69) is 20.1 Å². The van der Waals surface area contributed by atoms with Crippen molar-refractivity contribution in [2.45, 2.75) is 104 Å². The Hall–Kier alpha value is -2.11. The summed E-state index contributed by atoms with van der Waals surface area (Å²) in [6.45, 7) is 9.93. The van der Waals surface area contributed by atoms with Crippen LogP contribution in [0.5, 0.6) is 0 Å². The third-order valence-electron chi connectivity index (χ3n) is 5.24. The van der Waals surface area contributed by atoms with Crippen LogP contribution in [0.15, 0.2) is 39.7 Å². The van der Waals surface area contributed by atoms with E-state index in [1.54, 1.807) is 0 Å². The van der Waals surface area contributed by atoms with Gasteiger partial charge in [-0.05, 0) is 6.42 Å². The fourth-order valence-electron chi connectivity index (χ4n) is 3.56. The number of rotatable bonds is 17. The normalized spacial score (nSPS) is 10.9. The van der Waals surface area contributed by atoms with Crippen LogP contribution in [-0.4, -0.2) is 13.7 Å². The van der Waals surface area contributed by atoms with Gasteiger partial charge in [-0.25, -0.2) is 28.1 Å². The summed E-state index contributed by atoms with van der Waals surface area (Å²) in [7, 11) is 0. The predicted octanol–water partition coefficient (Wildman–Crippen LogP) is 4.24. The highest BCUT2D eigenvalue weighted by molar-refractivity contribution is 4.84. The van der Waals surface area contributed by atoms with Gasteiger partial charge in [0.1, 0.15) is 0 Å². The van der Waals surface area contributed by atoms with Crippen molar-refractivity contribution in [1.82, 2.24) is 13.7 Å². The van der Waals surface area contributed by atoms with Gasteiger partial charge in [-0.15, -0.1) is 13.2 Å². The molecule has 0 bridgehead atoms. The van der Waals surface area contributed by atoms with Crippen LogP contribution >= 0.6 is 0 Å². The maximum absolute atomic E-state index is 12.5. The number of nitrogens with zero attached hydrogens (tertiary/aromatic N) is 3. The van der Waals surface area contributed by atoms with E-state index in [4.69, 9.17) is 0 Å². The van der Waals surface area contributed by atoms with Crippen LogP contribution in [0.2, 0.25) is 0 Å². The summed E-state index contributed by atoms with van der Waals surface area (Å²) >= 11 is 0. The predicted molar refractivity (Wildman–Crippen MR) is 121 cm³/mol. The number of allylic oxidation sites excluding steroid dienone is 2. The fourth-order valence-corrected chi connectivity index (χ4v) is 3.56. The molecule has 6 nitrogen and oxygen atoms in total. The molecule has 1 aromatic heterocycles. The Bertz CT molecular complexity index is 738. The first kappa shape index (κ1) is 24.9. The van der Waals surface area contributed by atoms with Crippen LogP contribution in [0.3, 0.4) is 0 Å². The van der Waals surface area contributed by atoms with Gasteiger partial charge >= 0.3 is 17.1 Å². The van der Waals surface area contributed by atoms with Crippen molar-refractivity contribution in [3.05, 3.63) is 56.8 Å². The third-order valence-corrected chi connectivity index (χ3v) is 5.24. The zero-order valence-corrected chi connectivity index (χ0v) is 18.2. The van der Waals surface area contributed by atoms with Crippen molar-refractivity contribution < 1.29 is 0 Å². The van der Waals surface area contributed by atoms with Crippen LogP contribution in [0, 0.1) is 0 Å². The summed E-state index contributed by atoms with van der Waals surface area (Å²) in [5.41, 5.74) is -1.71. The minimum absolute atomic E-state index is 0.0908. The molecule has 1 rings (SSSR count). The molecule has 0 aromatic carbocycles. The average Bonchev–Trinajstić information content (AvgIpc) is 2.71. The molecule has 0 aliphatic heterocycles. The molecule has 0 unspecified atom stereocenters. The smallest absolute Gasteiger partial charge is 0.247 e. The molecular weight excluding hydrogens is 366 g/mol. The molecule has 0 fully saturated rings. The molecule has 164 valence electrons. The molecule has 6 heteroatoms. The van der Waals surface area contributed by atoms with Gasteiger partial charge in [-0.1, -0.05) is 89.7 Å². The maximum Gasteiger partial charge on any atom is 0.336 e. The van der Waals surface area contributed by atoms with Gasteiger partial charge in [0, 0.05) is 6.54 Å². The van der Waals surface area contributed by atoms with Crippen molar-refractivity contribution in [3.63, 3.8) is 0 Å². The minimum atomic E-state index is -0.606. The van der Waals surface area contributed by atoms with E-state index in [0.717, 1.165) is 28.4 Å². The SMILES string of the molecule is C=CCn1c(=O)n(CC=C)c(=O)n(CCCCCCCCCCCCCC)c1=O. The molecule has 0 atom stereocenters. The molecule has 1 heterocycles. The molecule has 1 aromatic rings. The molecule has 0 spiro atoms. The van der Waals surface area contributed by atoms with Crippen LogP contribution in [0.25, 0.3) is 0 Å². The number of aromatic nitrogens is 3. The highest BCUT2D eigenvalue weighted by Gasteiger charge is 2.13. The van der Waals surface area contributed by atoms with E-state index in [9.17, 15) is 14.4 Å². The van der Waals surface area contributed by atoms with Crippen molar-refractivity contribution in [1.29, 1.82) is 0 Å². The monoisotopic (exact) mass is 405 g/mol. The Morgan fingerprint density at radius 2 is 0.931 bits per heavy atom. The summed E-state index contributed by atoms with van der Waals surface area (Å²) in [4.78, 5) is 37.4. The van der Waals surface area contributed by atoms with Crippen molar-refractivity contribution in [2.75, 3.05) is 0 Å². The lowest BCUT2D eigenvalue weighted by atomic mass is 10.1. The van der Waals surface area contributed by atoms with Crippen molar-refractivity contribution in [3.8, 4) is 0 Å². The van der Waals surface area contributed by atoms with E-state index >= 15 is 0 Å². The lowest BCUT2D eigenvalue weighted by molar-refractivity contribution is 0.455. The van der Waals surface area contributed by atoms with Gasteiger partial charge in [0.15, 0.2) is 0 Å². The second kappa shape index (κ2) is 14.8. The summed E-state index contributed by atoms with van der Waals surface area (Å²) in [5, 5.41) is 0. The van der Waals surface area contributed by atoms with Gasteiger partial charge in [-0.2, -0.15) is 0 Å². The van der Waals surface area contributed by atoms with Crippen LogP contribution < -0.4 is 17.1 Å². The molecule has 0 N–H and O–H groups in total. The Balaban J connectivity index is 2.45.